The minimum absolute atomic E-state index is 0.523. The third-order valence-corrected chi connectivity index (χ3v) is 3.29. The molecular formula is C17H19N3. The van der Waals surface area contributed by atoms with Crippen LogP contribution in [0.3, 0.4) is 0 Å². The summed E-state index contributed by atoms with van der Waals surface area (Å²) in [6.45, 7) is 4.36. The van der Waals surface area contributed by atoms with Crippen LogP contribution < -0.4 is 4.90 Å². The third kappa shape index (κ3) is 2.80. The van der Waals surface area contributed by atoms with Gasteiger partial charge in [0, 0.05) is 19.7 Å². The van der Waals surface area contributed by atoms with Crippen LogP contribution in [-0.2, 0) is 0 Å². The fourth-order valence-corrected chi connectivity index (χ4v) is 2.08. The molecule has 0 unspecified atom stereocenters. The van der Waals surface area contributed by atoms with E-state index >= 15 is 0 Å². The molecule has 102 valence electrons. The Labute approximate surface area is 120 Å². The van der Waals surface area contributed by atoms with E-state index in [4.69, 9.17) is 5.26 Å². The van der Waals surface area contributed by atoms with Crippen LogP contribution in [-0.4, -0.2) is 19.1 Å². The van der Waals surface area contributed by atoms with E-state index in [0.29, 0.717) is 17.3 Å². The predicted molar refractivity (Wildman–Crippen MR) is 82.8 cm³/mol. The SMILES string of the molecule is CC(C)c1ccc(-c2ccc(C#N)c(N(C)C)n2)cc1. The molecule has 3 nitrogen and oxygen atoms in total. The highest BCUT2D eigenvalue weighted by molar-refractivity contribution is 5.65. The molecule has 0 radical (unpaired) electrons. The van der Waals surface area contributed by atoms with Gasteiger partial charge in [-0.2, -0.15) is 5.26 Å². The van der Waals surface area contributed by atoms with Crippen molar-refractivity contribution in [2.75, 3.05) is 19.0 Å². The first kappa shape index (κ1) is 14.1. The van der Waals surface area contributed by atoms with Crippen molar-refractivity contribution in [2.45, 2.75) is 19.8 Å². The summed E-state index contributed by atoms with van der Waals surface area (Å²) in [5.41, 5.74) is 3.87. The van der Waals surface area contributed by atoms with Gasteiger partial charge < -0.3 is 4.90 Å². The molecule has 3 heteroatoms. The summed E-state index contributed by atoms with van der Waals surface area (Å²) in [5, 5.41) is 9.11. The molecule has 0 spiro atoms. The topological polar surface area (TPSA) is 39.9 Å². The standard InChI is InChI=1S/C17H19N3/c1-12(2)13-5-7-14(8-6-13)16-10-9-15(11-18)17(19-16)20(3)4/h5-10,12H,1-4H3. The van der Waals surface area contributed by atoms with Crippen LogP contribution in [0, 0.1) is 11.3 Å². The number of hydrogen-bond donors (Lipinski definition) is 0. The molecule has 0 saturated heterocycles. The molecule has 0 N–H and O–H groups in total. The molecule has 0 atom stereocenters. The van der Waals surface area contributed by atoms with Gasteiger partial charge in [-0.05, 0) is 23.6 Å². The molecule has 2 aromatic rings. The first-order valence-corrected chi connectivity index (χ1v) is 6.71. The quantitative estimate of drug-likeness (QED) is 0.847. The molecule has 1 heterocycles. The van der Waals surface area contributed by atoms with Gasteiger partial charge in [0.15, 0.2) is 0 Å². The van der Waals surface area contributed by atoms with Gasteiger partial charge in [-0.3, -0.25) is 0 Å². The summed E-state index contributed by atoms with van der Waals surface area (Å²) in [6.07, 6.45) is 0. The maximum absolute atomic E-state index is 9.11. The monoisotopic (exact) mass is 265 g/mol. The first-order chi connectivity index (χ1) is 9.52. The molecule has 0 fully saturated rings. The van der Waals surface area contributed by atoms with E-state index in [9.17, 15) is 0 Å². The Morgan fingerprint density at radius 3 is 2.20 bits per heavy atom. The molecule has 0 bridgehead atoms. The maximum atomic E-state index is 9.11. The lowest BCUT2D eigenvalue weighted by Gasteiger charge is -2.14. The van der Waals surface area contributed by atoms with Gasteiger partial charge in [0.1, 0.15) is 11.9 Å². The molecule has 1 aromatic heterocycles. The minimum atomic E-state index is 0.523. The highest BCUT2D eigenvalue weighted by Gasteiger charge is 2.09. The molecule has 1 aromatic carbocycles. The maximum Gasteiger partial charge on any atom is 0.146 e. The second-order valence-corrected chi connectivity index (χ2v) is 5.35. The van der Waals surface area contributed by atoms with Crippen molar-refractivity contribution in [1.29, 1.82) is 5.26 Å². The van der Waals surface area contributed by atoms with Crippen LogP contribution in [0.4, 0.5) is 5.82 Å². The Morgan fingerprint density at radius 1 is 1.05 bits per heavy atom. The van der Waals surface area contributed by atoms with Crippen molar-refractivity contribution in [3.63, 3.8) is 0 Å². The smallest absolute Gasteiger partial charge is 0.146 e. The van der Waals surface area contributed by atoms with Crippen molar-refractivity contribution in [3.05, 3.63) is 47.5 Å². The molecule has 0 aliphatic carbocycles. The summed E-state index contributed by atoms with van der Waals surface area (Å²) < 4.78 is 0. The Kier molecular flexibility index (Phi) is 4.05. The largest absolute Gasteiger partial charge is 0.362 e. The highest BCUT2D eigenvalue weighted by Crippen LogP contribution is 2.24. The number of aromatic nitrogens is 1. The van der Waals surface area contributed by atoms with Crippen molar-refractivity contribution in [3.8, 4) is 17.3 Å². The highest BCUT2D eigenvalue weighted by atomic mass is 15.1. The average Bonchev–Trinajstić information content (AvgIpc) is 2.46. The number of nitrogens with zero attached hydrogens (tertiary/aromatic N) is 3. The van der Waals surface area contributed by atoms with Gasteiger partial charge in [0.05, 0.1) is 11.3 Å². The Bertz CT molecular complexity index is 634. The molecule has 0 aliphatic heterocycles. The Morgan fingerprint density at radius 2 is 1.70 bits per heavy atom. The summed E-state index contributed by atoms with van der Waals surface area (Å²) in [6, 6.07) is 14.3. The van der Waals surface area contributed by atoms with Gasteiger partial charge in [0.2, 0.25) is 0 Å². The first-order valence-electron chi connectivity index (χ1n) is 6.71. The van der Waals surface area contributed by atoms with E-state index in [0.717, 1.165) is 11.3 Å². The van der Waals surface area contributed by atoms with Crippen LogP contribution >= 0.6 is 0 Å². The van der Waals surface area contributed by atoms with Gasteiger partial charge in [-0.15, -0.1) is 0 Å². The second kappa shape index (κ2) is 5.75. The van der Waals surface area contributed by atoms with E-state index in [-0.39, 0.29) is 0 Å². The number of anilines is 1. The van der Waals surface area contributed by atoms with Crippen LogP contribution in [0.2, 0.25) is 0 Å². The molecule has 20 heavy (non-hydrogen) atoms. The van der Waals surface area contributed by atoms with Crippen molar-refractivity contribution >= 4 is 5.82 Å². The van der Waals surface area contributed by atoms with Crippen LogP contribution in [0.1, 0.15) is 30.9 Å². The molecule has 0 aliphatic rings. The lowest BCUT2D eigenvalue weighted by atomic mass is 10.0. The summed E-state index contributed by atoms with van der Waals surface area (Å²) in [5.74, 6) is 1.23. The number of pyridine rings is 1. The van der Waals surface area contributed by atoms with Gasteiger partial charge in [-0.25, -0.2) is 4.98 Å². The summed E-state index contributed by atoms with van der Waals surface area (Å²) in [4.78, 5) is 6.46. The van der Waals surface area contributed by atoms with Gasteiger partial charge in [-0.1, -0.05) is 38.1 Å². The third-order valence-electron chi connectivity index (χ3n) is 3.29. The van der Waals surface area contributed by atoms with E-state index in [1.165, 1.54) is 5.56 Å². The van der Waals surface area contributed by atoms with Crippen molar-refractivity contribution in [1.82, 2.24) is 4.98 Å². The normalized spacial score (nSPS) is 10.4. The number of hydrogen-bond acceptors (Lipinski definition) is 3. The summed E-state index contributed by atoms with van der Waals surface area (Å²) in [7, 11) is 3.80. The predicted octanol–water partition coefficient (Wildman–Crippen LogP) is 3.81. The minimum Gasteiger partial charge on any atom is -0.362 e. The number of benzene rings is 1. The average molecular weight is 265 g/mol. The number of rotatable bonds is 3. The molecule has 0 amide bonds. The molecule has 0 saturated carbocycles. The zero-order valence-electron chi connectivity index (χ0n) is 12.4. The lowest BCUT2D eigenvalue weighted by Crippen LogP contribution is -2.12. The second-order valence-electron chi connectivity index (χ2n) is 5.35. The van der Waals surface area contributed by atoms with E-state index < -0.39 is 0 Å². The van der Waals surface area contributed by atoms with Crippen molar-refractivity contribution in [2.24, 2.45) is 0 Å². The van der Waals surface area contributed by atoms with E-state index in [1.54, 1.807) is 0 Å². The van der Waals surface area contributed by atoms with Crippen LogP contribution in [0.15, 0.2) is 36.4 Å². The zero-order chi connectivity index (χ0) is 14.7. The Balaban J connectivity index is 2.43. The Hall–Kier alpha value is -2.34. The lowest BCUT2D eigenvalue weighted by molar-refractivity contribution is 0.867. The molecular weight excluding hydrogens is 246 g/mol. The molecule has 2 rings (SSSR count). The van der Waals surface area contributed by atoms with Crippen LogP contribution in [0.25, 0.3) is 11.3 Å². The van der Waals surface area contributed by atoms with E-state index in [2.05, 4.69) is 49.2 Å². The van der Waals surface area contributed by atoms with Crippen LogP contribution in [0.5, 0.6) is 0 Å². The number of nitriles is 1. The van der Waals surface area contributed by atoms with E-state index in [1.807, 2.05) is 31.1 Å². The van der Waals surface area contributed by atoms with Gasteiger partial charge in [0.25, 0.3) is 0 Å². The fraction of sp³-hybridized carbons (Fsp3) is 0.294. The zero-order valence-corrected chi connectivity index (χ0v) is 12.4. The summed E-state index contributed by atoms with van der Waals surface area (Å²) >= 11 is 0. The van der Waals surface area contributed by atoms with Crippen molar-refractivity contribution < 1.29 is 0 Å². The van der Waals surface area contributed by atoms with Gasteiger partial charge >= 0.3 is 0 Å². The fourth-order valence-electron chi connectivity index (χ4n) is 2.08.